The van der Waals surface area contributed by atoms with E-state index in [0.29, 0.717) is 12.6 Å². The van der Waals surface area contributed by atoms with Crippen molar-refractivity contribution in [2.45, 2.75) is 38.0 Å². The normalized spacial score (nSPS) is 20.8. The van der Waals surface area contributed by atoms with Gasteiger partial charge in [-0.25, -0.2) is 8.42 Å². The Labute approximate surface area is 74.5 Å². The van der Waals surface area contributed by atoms with Gasteiger partial charge >= 0.3 is 0 Å². The molecule has 4 heteroatoms. The maximum absolute atomic E-state index is 11.3. The van der Waals surface area contributed by atoms with Crippen molar-refractivity contribution < 1.29 is 8.42 Å². The zero-order valence-corrected chi connectivity index (χ0v) is 8.52. The molecule has 1 N–H and O–H groups in total. The third-order valence-electron chi connectivity index (χ3n) is 2.29. The molecule has 1 rings (SSSR count). The predicted octanol–water partition coefficient (Wildman–Crippen LogP) is 0.562. The van der Waals surface area contributed by atoms with Crippen molar-refractivity contribution in [3.63, 3.8) is 0 Å². The fourth-order valence-electron chi connectivity index (χ4n) is 1.03. The summed E-state index contributed by atoms with van der Waals surface area (Å²) >= 11 is 0. The molecule has 0 aromatic heterocycles. The molecular weight excluding hydrogens is 174 g/mol. The lowest BCUT2D eigenvalue weighted by Gasteiger charge is -2.11. The second-order valence-electron chi connectivity index (χ2n) is 3.44. The molecule has 0 spiro atoms. The Bertz CT molecular complexity index is 231. The first kappa shape index (κ1) is 9.99. The third kappa shape index (κ3) is 2.75. The van der Waals surface area contributed by atoms with E-state index in [9.17, 15) is 8.42 Å². The fraction of sp³-hybridized carbons (Fsp3) is 1.00. The Morgan fingerprint density at radius 1 is 1.50 bits per heavy atom. The summed E-state index contributed by atoms with van der Waals surface area (Å²) in [6.45, 7) is 4.08. The topological polar surface area (TPSA) is 46.2 Å². The Morgan fingerprint density at radius 3 is 2.50 bits per heavy atom. The number of sulfone groups is 1. The minimum atomic E-state index is -2.83. The van der Waals surface area contributed by atoms with Crippen LogP contribution in [0.4, 0.5) is 0 Å². The predicted molar refractivity (Wildman–Crippen MR) is 49.9 cm³/mol. The van der Waals surface area contributed by atoms with Gasteiger partial charge in [0.05, 0.1) is 5.25 Å². The van der Waals surface area contributed by atoms with Gasteiger partial charge in [0.15, 0.2) is 9.84 Å². The number of nitrogens with one attached hydrogen (secondary N) is 1. The van der Waals surface area contributed by atoms with Crippen molar-refractivity contribution in [1.82, 2.24) is 5.32 Å². The van der Waals surface area contributed by atoms with Gasteiger partial charge in [0.1, 0.15) is 0 Å². The second-order valence-corrected chi connectivity index (χ2v) is 6.15. The lowest BCUT2D eigenvalue weighted by atomic mass is 10.4. The molecule has 0 saturated heterocycles. The van der Waals surface area contributed by atoms with E-state index in [1.807, 2.05) is 0 Å². The maximum Gasteiger partial charge on any atom is 0.153 e. The Morgan fingerprint density at radius 2 is 2.08 bits per heavy atom. The van der Waals surface area contributed by atoms with Crippen LogP contribution in [0.25, 0.3) is 0 Å². The van der Waals surface area contributed by atoms with Crippen molar-refractivity contribution in [3.05, 3.63) is 0 Å². The van der Waals surface area contributed by atoms with Crippen LogP contribution < -0.4 is 5.32 Å². The van der Waals surface area contributed by atoms with Crippen LogP contribution in [0.2, 0.25) is 0 Å². The molecule has 0 amide bonds. The number of hydrogen-bond acceptors (Lipinski definition) is 3. The molecule has 3 nitrogen and oxygen atoms in total. The van der Waals surface area contributed by atoms with Crippen molar-refractivity contribution >= 4 is 9.84 Å². The highest BCUT2D eigenvalue weighted by molar-refractivity contribution is 7.92. The molecule has 0 radical (unpaired) electrons. The zero-order valence-electron chi connectivity index (χ0n) is 7.71. The molecule has 0 aliphatic heterocycles. The highest BCUT2D eigenvalue weighted by Crippen LogP contribution is 2.18. The van der Waals surface area contributed by atoms with Crippen molar-refractivity contribution in [3.8, 4) is 0 Å². The van der Waals surface area contributed by atoms with Crippen LogP contribution >= 0.6 is 0 Å². The van der Waals surface area contributed by atoms with Crippen molar-refractivity contribution in [1.29, 1.82) is 0 Å². The van der Waals surface area contributed by atoms with Crippen LogP contribution in [-0.2, 0) is 9.84 Å². The van der Waals surface area contributed by atoms with Crippen LogP contribution in [0.3, 0.4) is 0 Å². The second kappa shape index (κ2) is 3.75. The smallest absolute Gasteiger partial charge is 0.153 e. The van der Waals surface area contributed by atoms with Gasteiger partial charge in [-0.2, -0.15) is 0 Å². The lowest BCUT2D eigenvalue weighted by Crippen LogP contribution is -2.33. The number of hydrogen-bond donors (Lipinski definition) is 1. The van der Waals surface area contributed by atoms with Gasteiger partial charge in [-0.1, -0.05) is 6.92 Å². The first-order chi connectivity index (χ1) is 5.56. The minimum Gasteiger partial charge on any atom is -0.313 e. The molecule has 0 heterocycles. The molecule has 0 bridgehead atoms. The first-order valence-electron chi connectivity index (χ1n) is 4.51. The number of rotatable bonds is 5. The third-order valence-corrected chi connectivity index (χ3v) is 4.48. The van der Waals surface area contributed by atoms with Gasteiger partial charge in [0.25, 0.3) is 0 Å². The first-order valence-corrected chi connectivity index (χ1v) is 6.22. The van der Waals surface area contributed by atoms with Gasteiger partial charge in [-0.3, -0.25) is 0 Å². The summed E-state index contributed by atoms with van der Waals surface area (Å²) in [5, 5.41) is 2.98. The van der Waals surface area contributed by atoms with E-state index in [1.165, 1.54) is 12.8 Å². The molecule has 1 saturated carbocycles. The van der Waals surface area contributed by atoms with Gasteiger partial charge < -0.3 is 5.32 Å². The molecular formula is C8H17NO2S. The highest BCUT2D eigenvalue weighted by Gasteiger charge is 2.24. The fourth-order valence-corrected chi connectivity index (χ4v) is 1.95. The van der Waals surface area contributed by atoms with E-state index in [0.717, 1.165) is 0 Å². The Balaban J connectivity index is 2.30. The van der Waals surface area contributed by atoms with Crippen LogP contribution in [0, 0.1) is 0 Å². The van der Waals surface area contributed by atoms with E-state index in [1.54, 1.807) is 13.8 Å². The molecule has 0 aromatic rings. The van der Waals surface area contributed by atoms with E-state index in [-0.39, 0.29) is 11.0 Å². The SMILES string of the molecule is CCS(=O)(=O)C(C)CNC1CC1. The van der Waals surface area contributed by atoms with E-state index in [4.69, 9.17) is 0 Å². The molecule has 1 fully saturated rings. The maximum atomic E-state index is 11.3. The highest BCUT2D eigenvalue weighted by atomic mass is 32.2. The largest absolute Gasteiger partial charge is 0.313 e. The van der Waals surface area contributed by atoms with E-state index >= 15 is 0 Å². The molecule has 72 valence electrons. The molecule has 1 aliphatic rings. The molecule has 1 aliphatic carbocycles. The van der Waals surface area contributed by atoms with Gasteiger partial charge in [0.2, 0.25) is 0 Å². The quantitative estimate of drug-likeness (QED) is 0.690. The van der Waals surface area contributed by atoms with Crippen LogP contribution in [0.15, 0.2) is 0 Å². The molecule has 1 atom stereocenters. The standard InChI is InChI=1S/C8H17NO2S/c1-3-12(10,11)7(2)6-9-8-4-5-8/h7-9H,3-6H2,1-2H3. The van der Waals surface area contributed by atoms with Crippen LogP contribution in [0.5, 0.6) is 0 Å². The summed E-state index contributed by atoms with van der Waals surface area (Å²) in [5.41, 5.74) is 0. The van der Waals surface area contributed by atoms with E-state index < -0.39 is 9.84 Å². The summed E-state index contributed by atoms with van der Waals surface area (Å²) in [6, 6.07) is 0.597. The average Bonchev–Trinajstić information content (AvgIpc) is 2.83. The van der Waals surface area contributed by atoms with Crippen LogP contribution in [-0.4, -0.2) is 32.0 Å². The van der Waals surface area contributed by atoms with Crippen LogP contribution in [0.1, 0.15) is 26.7 Å². The summed E-state index contributed by atoms with van der Waals surface area (Å²) in [5.74, 6) is 0.251. The summed E-state index contributed by atoms with van der Waals surface area (Å²) in [7, 11) is -2.83. The van der Waals surface area contributed by atoms with Gasteiger partial charge in [-0.15, -0.1) is 0 Å². The van der Waals surface area contributed by atoms with Crippen molar-refractivity contribution in [2.75, 3.05) is 12.3 Å². The van der Waals surface area contributed by atoms with Crippen molar-refractivity contribution in [2.24, 2.45) is 0 Å². The molecule has 0 aromatic carbocycles. The summed E-state index contributed by atoms with van der Waals surface area (Å²) in [4.78, 5) is 0. The molecule has 12 heavy (non-hydrogen) atoms. The Hall–Kier alpha value is -0.0900. The summed E-state index contributed by atoms with van der Waals surface area (Å²) < 4.78 is 22.6. The zero-order chi connectivity index (χ0) is 9.19. The monoisotopic (exact) mass is 191 g/mol. The average molecular weight is 191 g/mol. The summed E-state index contributed by atoms with van der Waals surface area (Å²) in [6.07, 6.45) is 2.41. The van der Waals surface area contributed by atoms with Gasteiger partial charge in [0, 0.05) is 18.3 Å². The minimum absolute atomic E-state index is 0.233. The lowest BCUT2D eigenvalue weighted by molar-refractivity contribution is 0.572. The molecule has 1 unspecified atom stereocenters. The Kier molecular flexibility index (Phi) is 3.12. The van der Waals surface area contributed by atoms with E-state index in [2.05, 4.69) is 5.32 Å². The van der Waals surface area contributed by atoms with Gasteiger partial charge in [-0.05, 0) is 19.8 Å².